The molecule has 0 aromatic heterocycles. The molecular formula is C15H19NO4S. The van der Waals surface area contributed by atoms with Crippen molar-refractivity contribution >= 4 is 23.6 Å². The molecule has 1 heterocycles. The Hall–Kier alpha value is -1.69. The van der Waals surface area contributed by atoms with Crippen molar-refractivity contribution in [3.8, 4) is 5.75 Å². The van der Waals surface area contributed by atoms with E-state index in [0.29, 0.717) is 11.6 Å². The van der Waals surface area contributed by atoms with Crippen LogP contribution >= 0.6 is 11.8 Å². The molecule has 6 heteroatoms. The Labute approximate surface area is 128 Å². The molecule has 1 fully saturated rings. The molecule has 1 aliphatic rings. The summed E-state index contributed by atoms with van der Waals surface area (Å²) in [6, 6.07) is 5.17. The van der Waals surface area contributed by atoms with Crippen LogP contribution < -0.4 is 4.74 Å². The normalized spacial score (nSPS) is 17.8. The summed E-state index contributed by atoms with van der Waals surface area (Å²) >= 11 is 1.46. The fraction of sp³-hybridized carbons (Fsp3) is 0.467. The molecule has 1 N–H and O–H groups in total. The van der Waals surface area contributed by atoms with Gasteiger partial charge in [0.2, 0.25) is 5.91 Å². The molecule has 114 valence electrons. The fourth-order valence-corrected chi connectivity index (χ4v) is 3.42. The molecular weight excluding hydrogens is 290 g/mol. The van der Waals surface area contributed by atoms with Crippen molar-refractivity contribution in [3.05, 3.63) is 29.3 Å². The predicted octanol–water partition coefficient (Wildman–Crippen LogP) is 2.06. The van der Waals surface area contributed by atoms with Crippen molar-refractivity contribution in [1.29, 1.82) is 0 Å². The van der Waals surface area contributed by atoms with Crippen LogP contribution in [0.25, 0.3) is 0 Å². The maximum atomic E-state index is 12.1. The molecule has 1 aromatic carbocycles. The largest absolute Gasteiger partial charge is 0.493 e. The standard InChI is InChI=1S/C15H19NO4S/c1-10-3-4-13(11(2)7-10)20-6-5-14(17)16-9-21-8-12(16)15(18)19/h3-4,7,12H,5-6,8-9H2,1-2H3,(H,18,19). The molecule has 1 saturated heterocycles. The summed E-state index contributed by atoms with van der Waals surface area (Å²) < 4.78 is 5.62. The van der Waals surface area contributed by atoms with Gasteiger partial charge in [0.05, 0.1) is 18.9 Å². The van der Waals surface area contributed by atoms with Gasteiger partial charge >= 0.3 is 5.97 Å². The minimum absolute atomic E-state index is 0.169. The minimum atomic E-state index is -0.941. The van der Waals surface area contributed by atoms with Gasteiger partial charge in [0.25, 0.3) is 0 Å². The Bertz CT molecular complexity index is 546. The summed E-state index contributed by atoms with van der Waals surface area (Å²) in [5.74, 6) is 0.554. The Balaban J connectivity index is 1.85. The van der Waals surface area contributed by atoms with Crippen LogP contribution in [0.2, 0.25) is 0 Å². The minimum Gasteiger partial charge on any atom is -0.493 e. The maximum absolute atomic E-state index is 12.1. The molecule has 1 aromatic rings. The number of thioether (sulfide) groups is 1. The third-order valence-corrected chi connectivity index (χ3v) is 4.40. The van der Waals surface area contributed by atoms with E-state index in [1.54, 1.807) is 0 Å². The Morgan fingerprint density at radius 1 is 1.43 bits per heavy atom. The number of hydrogen-bond acceptors (Lipinski definition) is 4. The van der Waals surface area contributed by atoms with Gasteiger partial charge in [-0.25, -0.2) is 4.79 Å². The summed E-state index contributed by atoms with van der Waals surface area (Å²) in [6.07, 6.45) is 0.192. The lowest BCUT2D eigenvalue weighted by Crippen LogP contribution is -2.42. The van der Waals surface area contributed by atoms with Gasteiger partial charge in [-0.05, 0) is 25.5 Å². The van der Waals surface area contributed by atoms with E-state index in [1.165, 1.54) is 16.7 Å². The van der Waals surface area contributed by atoms with E-state index < -0.39 is 12.0 Å². The first-order chi connectivity index (χ1) is 9.99. The number of carbonyl (C=O) groups excluding carboxylic acids is 1. The number of amides is 1. The van der Waals surface area contributed by atoms with Gasteiger partial charge < -0.3 is 14.7 Å². The van der Waals surface area contributed by atoms with Gasteiger partial charge in [-0.2, -0.15) is 0 Å². The van der Waals surface area contributed by atoms with Crippen LogP contribution in [0, 0.1) is 13.8 Å². The average Bonchev–Trinajstić information content (AvgIpc) is 2.90. The Kier molecular flexibility index (Phi) is 5.12. The number of carbonyl (C=O) groups is 2. The van der Waals surface area contributed by atoms with Crippen molar-refractivity contribution in [3.63, 3.8) is 0 Å². The van der Waals surface area contributed by atoms with Crippen molar-refractivity contribution in [2.45, 2.75) is 26.3 Å². The molecule has 1 aliphatic heterocycles. The van der Waals surface area contributed by atoms with Crippen LogP contribution in [0.1, 0.15) is 17.5 Å². The first kappa shape index (κ1) is 15.7. The number of ether oxygens (including phenoxy) is 1. The van der Waals surface area contributed by atoms with Crippen LogP contribution in [0.5, 0.6) is 5.75 Å². The first-order valence-electron chi connectivity index (χ1n) is 6.79. The van der Waals surface area contributed by atoms with Gasteiger partial charge in [-0.3, -0.25) is 4.79 Å². The number of nitrogens with zero attached hydrogens (tertiary/aromatic N) is 1. The molecule has 5 nitrogen and oxygen atoms in total. The summed E-state index contributed by atoms with van der Waals surface area (Å²) in [5, 5.41) is 9.06. The highest BCUT2D eigenvalue weighted by molar-refractivity contribution is 7.99. The van der Waals surface area contributed by atoms with Crippen LogP contribution in [0.4, 0.5) is 0 Å². The van der Waals surface area contributed by atoms with Gasteiger partial charge in [-0.1, -0.05) is 17.7 Å². The number of aliphatic carboxylic acids is 1. The molecule has 0 bridgehead atoms. The molecule has 0 aliphatic carbocycles. The zero-order valence-corrected chi connectivity index (χ0v) is 13.0. The summed E-state index contributed by atoms with van der Waals surface area (Å²) in [6.45, 7) is 4.23. The highest BCUT2D eigenvalue weighted by Crippen LogP contribution is 2.22. The van der Waals surface area contributed by atoms with Gasteiger partial charge in [0, 0.05) is 5.75 Å². The third kappa shape index (κ3) is 3.91. The van der Waals surface area contributed by atoms with Gasteiger partial charge in [-0.15, -0.1) is 11.8 Å². The second kappa shape index (κ2) is 6.85. The van der Waals surface area contributed by atoms with Crippen molar-refractivity contribution in [1.82, 2.24) is 4.90 Å². The zero-order valence-electron chi connectivity index (χ0n) is 12.2. The number of rotatable bonds is 5. The Morgan fingerprint density at radius 2 is 2.19 bits per heavy atom. The van der Waals surface area contributed by atoms with E-state index in [0.717, 1.165) is 16.9 Å². The van der Waals surface area contributed by atoms with Gasteiger partial charge in [0.15, 0.2) is 0 Å². The molecule has 21 heavy (non-hydrogen) atoms. The zero-order chi connectivity index (χ0) is 15.4. The third-order valence-electron chi connectivity index (χ3n) is 3.39. The summed E-state index contributed by atoms with van der Waals surface area (Å²) in [7, 11) is 0. The highest BCUT2D eigenvalue weighted by Gasteiger charge is 2.34. The molecule has 1 atom stereocenters. The second-order valence-corrected chi connectivity index (χ2v) is 6.08. The molecule has 1 unspecified atom stereocenters. The molecule has 0 saturated carbocycles. The lowest BCUT2D eigenvalue weighted by Gasteiger charge is -2.20. The molecule has 2 rings (SSSR count). The second-order valence-electron chi connectivity index (χ2n) is 5.08. The summed E-state index contributed by atoms with van der Waals surface area (Å²) in [4.78, 5) is 24.5. The summed E-state index contributed by atoms with van der Waals surface area (Å²) in [5.41, 5.74) is 2.19. The Morgan fingerprint density at radius 3 is 2.86 bits per heavy atom. The monoisotopic (exact) mass is 309 g/mol. The van der Waals surface area contributed by atoms with E-state index in [9.17, 15) is 9.59 Å². The quantitative estimate of drug-likeness (QED) is 0.902. The van der Waals surface area contributed by atoms with Crippen LogP contribution in [-0.2, 0) is 9.59 Å². The van der Waals surface area contributed by atoms with Crippen LogP contribution in [0.3, 0.4) is 0 Å². The van der Waals surface area contributed by atoms with E-state index in [1.807, 2.05) is 32.0 Å². The molecule has 1 amide bonds. The lowest BCUT2D eigenvalue weighted by atomic mass is 10.1. The number of aryl methyl sites for hydroxylation is 2. The smallest absolute Gasteiger partial charge is 0.327 e. The highest BCUT2D eigenvalue weighted by atomic mass is 32.2. The van der Waals surface area contributed by atoms with E-state index in [4.69, 9.17) is 9.84 Å². The maximum Gasteiger partial charge on any atom is 0.327 e. The van der Waals surface area contributed by atoms with Crippen molar-refractivity contribution < 1.29 is 19.4 Å². The number of carboxylic acids is 1. The SMILES string of the molecule is Cc1ccc(OCCC(=O)N2CSCC2C(=O)O)c(C)c1. The van der Waals surface area contributed by atoms with Crippen molar-refractivity contribution in [2.75, 3.05) is 18.2 Å². The predicted molar refractivity (Wildman–Crippen MR) is 81.6 cm³/mol. The number of hydrogen-bond donors (Lipinski definition) is 1. The topological polar surface area (TPSA) is 66.8 Å². The van der Waals surface area contributed by atoms with Crippen LogP contribution in [0.15, 0.2) is 18.2 Å². The molecule has 0 spiro atoms. The average molecular weight is 309 g/mol. The lowest BCUT2D eigenvalue weighted by molar-refractivity contribution is -0.147. The van der Waals surface area contributed by atoms with E-state index >= 15 is 0 Å². The first-order valence-corrected chi connectivity index (χ1v) is 7.94. The fourth-order valence-electron chi connectivity index (χ4n) is 2.25. The van der Waals surface area contributed by atoms with Crippen LogP contribution in [-0.4, -0.2) is 46.2 Å². The van der Waals surface area contributed by atoms with E-state index in [2.05, 4.69) is 0 Å². The van der Waals surface area contributed by atoms with Crippen molar-refractivity contribution in [2.24, 2.45) is 0 Å². The van der Waals surface area contributed by atoms with Gasteiger partial charge in [0.1, 0.15) is 11.8 Å². The number of benzene rings is 1. The number of carboxylic acid groups (broad SMARTS) is 1. The molecule has 0 radical (unpaired) electrons. The van der Waals surface area contributed by atoms with E-state index in [-0.39, 0.29) is 18.9 Å².